The van der Waals surface area contributed by atoms with Crippen molar-refractivity contribution in [3.8, 4) is 11.5 Å². The summed E-state index contributed by atoms with van der Waals surface area (Å²) in [6.07, 6.45) is 1.52. The van der Waals surface area contributed by atoms with E-state index in [9.17, 15) is 14.7 Å². The maximum Gasteiger partial charge on any atom is 0.302 e. The van der Waals surface area contributed by atoms with Crippen LogP contribution in [-0.2, 0) is 9.59 Å². The fraction of sp³-hybridized carbons (Fsp3) is 0.120. The fourth-order valence-corrected chi connectivity index (χ4v) is 4.90. The third-order valence-corrected chi connectivity index (χ3v) is 6.44. The number of imidazole rings is 1. The van der Waals surface area contributed by atoms with Crippen molar-refractivity contribution < 1.29 is 24.2 Å². The van der Waals surface area contributed by atoms with Crippen LogP contribution in [0.25, 0.3) is 16.8 Å². The first-order chi connectivity index (χ1) is 17.4. The zero-order chi connectivity index (χ0) is 25.6. The molecule has 2 aromatic carbocycles. The van der Waals surface area contributed by atoms with Gasteiger partial charge in [-0.15, -0.1) is 0 Å². The van der Waals surface area contributed by atoms with Gasteiger partial charge in [-0.1, -0.05) is 41.4 Å². The number of carbonyl (C=O) groups excluding carboxylic acids is 2. The molecule has 0 radical (unpaired) electrons. The highest BCUT2D eigenvalue weighted by Crippen LogP contribution is 2.47. The van der Waals surface area contributed by atoms with Crippen LogP contribution in [0, 0.1) is 0 Å². The smallest absolute Gasteiger partial charge is 0.302 e. The van der Waals surface area contributed by atoms with E-state index in [1.807, 2.05) is 6.07 Å². The molecule has 182 valence electrons. The van der Waals surface area contributed by atoms with Gasteiger partial charge in [0, 0.05) is 6.20 Å². The van der Waals surface area contributed by atoms with Gasteiger partial charge in [-0.25, -0.2) is 4.98 Å². The first-order valence-electron chi connectivity index (χ1n) is 10.6. The number of hydrogen-bond acceptors (Lipinski definition) is 7. The minimum atomic E-state index is -1.10. The van der Waals surface area contributed by atoms with E-state index >= 15 is 0 Å². The molecule has 0 saturated carbocycles. The van der Waals surface area contributed by atoms with Gasteiger partial charge < -0.3 is 19.6 Å². The van der Waals surface area contributed by atoms with Crippen molar-refractivity contribution in [1.82, 2.24) is 15.0 Å². The predicted octanol–water partition coefficient (Wildman–Crippen LogP) is 4.91. The maximum absolute atomic E-state index is 13.4. The third-order valence-electron chi connectivity index (χ3n) is 5.81. The zero-order valence-electron chi connectivity index (χ0n) is 19.0. The standard InChI is InChI=1S/C25H18Cl2N4O5/c1-35-22-12(11-13(26)23(36-2)18(22)27)20(32)17-19(16-9-5-6-10-28-16)31(24(34)21(17)33)25-29-14-7-3-4-8-15(14)30-25/h3-11,19,32H,1-2H3,(H,29,30)/b20-17+. The number of pyridine rings is 1. The van der Waals surface area contributed by atoms with Crippen LogP contribution in [0.5, 0.6) is 11.5 Å². The number of carbonyl (C=O) groups is 2. The molecule has 4 aromatic rings. The molecule has 1 aliphatic heterocycles. The summed E-state index contributed by atoms with van der Waals surface area (Å²) in [6, 6.07) is 12.5. The molecule has 1 amide bonds. The Hall–Kier alpha value is -4.08. The minimum absolute atomic E-state index is 0.00468. The van der Waals surface area contributed by atoms with Crippen LogP contribution in [0.1, 0.15) is 17.3 Å². The summed E-state index contributed by atoms with van der Waals surface area (Å²) in [5, 5.41) is 11.5. The SMILES string of the molecule is COc1c(Cl)cc(/C(O)=C2\C(=O)C(=O)N(c3nc4ccccc4[nH]3)C2c2ccccn2)c(OC)c1Cl. The number of ether oxygens (including phenoxy) is 2. The number of ketones is 1. The number of Topliss-reactive ketones (excluding diaryl/α,β-unsaturated/α-hetero) is 1. The Balaban J connectivity index is 1.77. The quantitative estimate of drug-likeness (QED) is 0.216. The predicted molar refractivity (Wildman–Crippen MR) is 135 cm³/mol. The van der Waals surface area contributed by atoms with Crippen LogP contribution in [0.15, 0.2) is 60.3 Å². The molecule has 1 atom stereocenters. The van der Waals surface area contributed by atoms with Crippen molar-refractivity contribution in [2.45, 2.75) is 6.04 Å². The van der Waals surface area contributed by atoms with Crippen molar-refractivity contribution in [2.24, 2.45) is 0 Å². The maximum atomic E-state index is 13.4. The number of aliphatic hydroxyl groups excluding tert-OH is 1. The number of H-pyrrole nitrogens is 1. The van der Waals surface area contributed by atoms with E-state index in [1.54, 1.807) is 36.4 Å². The van der Waals surface area contributed by atoms with E-state index < -0.39 is 23.5 Å². The Morgan fingerprint density at radius 1 is 1.06 bits per heavy atom. The molecule has 0 aliphatic carbocycles. The van der Waals surface area contributed by atoms with Gasteiger partial charge in [0.25, 0.3) is 5.78 Å². The number of para-hydroxylation sites is 2. The van der Waals surface area contributed by atoms with Crippen molar-refractivity contribution in [1.29, 1.82) is 0 Å². The van der Waals surface area contributed by atoms with Crippen LogP contribution >= 0.6 is 23.2 Å². The number of aliphatic hydroxyl groups is 1. The number of halogens is 2. The first-order valence-corrected chi connectivity index (χ1v) is 11.4. The van der Waals surface area contributed by atoms with Crippen LogP contribution in [0.2, 0.25) is 10.0 Å². The molecule has 0 spiro atoms. The number of aromatic amines is 1. The van der Waals surface area contributed by atoms with E-state index in [4.69, 9.17) is 32.7 Å². The van der Waals surface area contributed by atoms with E-state index in [0.717, 1.165) is 0 Å². The number of aromatic nitrogens is 3. The number of nitrogens with one attached hydrogen (secondary N) is 1. The molecule has 1 fully saturated rings. The van der Waals surface area contributed by atoms with Gasteiger partial charge in [-0.2, -0.15) is 0 Å². The number of amides is 1. The summed E-state index contributed by atoms with van der Waals surface area (Å²) in [5.41, 5.74) is 1.39. The average Bonchev–Trinajstić information content (AvgIpc) is 3.42. The summed E-state index contributed by atoms with van der Waals surface area (Å²) in [6.45, 7) is 0. The fourth-order valence-electron chi connectivity index (χ4n) is 4.21. The van der Waals surface area contributed by atoms with Gasteiger partial charge in [-0.3, -0.25) is 19.5 Å². The highest BCUT2D eigenvalue weighted by Gasteiger charge is 2.49. The normalized spacial score (nSPS) is 17.1. The number of fused-ring (bicyclic) bond motifs is 1. The highest BCUT2D eigenvalue weighted by atomic mass is 35.5. The number of methoxy groups -OCH3 is 2. The van der Waals surface area contributed by atoms with Gasteiger partial charge in [0.2, 0.25) is 5.95 Å². The van der Waals surface area contributed by atoms with Gasteiger partial charge >= 0.3 is 5.91 Å². The number of anilines is 1. The molecule has 2 aromatic heterocycles. The highest BCUT2D eigenvalue weighted by molar-refractivity contribution is 6.51. The number of benzene rings is 2. The Morgan fingerprint density at radius 2 is 1.78 bits per heavy atom. The lowest BCUT2D eigenvalue weighted by molar-refractivity contribution is -0.132. The van der Waals surface area contributed by atoms with Gasteiger partial charge in [0.1, 0.15) is 16.8 Å². The second-order valence-corrected chi connectivity index (χ2v) is 8.57. The van der Waals surface area contributed by atoms with Crippen LogP contribution in [0.3, 0.4) is 0 Å². The Morgan fingerprint density at radius 3 is 2.44 bits per heavy atom. The molecule has 9 nitrogen and oxygen atoms in total. The molecule has 1 unspecified atom stereocenters. The summed E-state index contributed by atoms with van der Waals surface area (Å²) in [4.78, 5) is 39.8. The first kappa shape index (κ1) is 23.7. The summed E-state index contributed by atoms with van der Waals surface area (Å²) in [7, 11) is 2.72. The van der Waals surface area contributed by atoms with Crippen LogP contribution in [-0.4, -0.2) is 46.0 Å². The molecule has 5 rings (SSSR count). The zero-order valence-corrected chi connectivity index (χ0v) is 20.5. The molecular formula is C25H18Cl2N4O5. The van der Waals surface area contributed by atoms with Gasteiger partial charge in [0.05, 0.1) is 47.1 Å². The molecule has 2 N–H and O–H groups in total. The molecule has 3 heterocycles. The van der Waals surface area contributed by atoms with Crippen molar-refractivity contribution in [3.63, 3.8) is 0 Å². The molecule has 1 saturated heterocycles. The lowest BCUT2D eigenvalue weighted by Crippen LogP contribution is -2.30. The molecule has 0 bridgehead atoms. The Kier molecular flexibility index (Phi) is 6.03. The van der Waals surface area contributed by atoms with Crippen LogP contribution in [0.4, 0.5) is 5.95 Å². The molecule has 11 heteroatoms. The second kappa shape index (κ2) is 9.18. The Bertz CT molecular complexity index is 1520. The van der Waals surface area contributed by atoms with E-state index in [0.29, 0.717) is 16.7 Å². The average molecular weight is 525 g/mol. The van der Waals surface area contributed by atoms with E-state index in [1.165, 1.54) is 31.4 Å². The van der Waals surface area contributed by atoms with Gasteiger partial charge in [-0.05, 0) is 30.3 Å². The number of hydrogen-bond donors (Lipinski definition) is 2. The largest absolute Gasteiger partial charge is 0.507 e. The molecule has 36 heavy (non-hydrogen) atoms. The van der Waals surface area contributed by atoms with Crippen LogP contribution < -0.4 is 14.4 Å². The minimum Gasteiger partial charge on any atom is -0.507 e. The molecular weight excluding hydrogens is 507 g/mol. The van der Waals surface area contributed by atoms with E-state index in [-0.39, 0.29) is 38.6 Å². The lowest BCUT2D eigenvalue weighted by Gasteiger charge is -2.22. The summed E-state index contributed by atoms with van der Waals surface area (Å²) < 4.78 is 10.6. The number of rotatable bonds is 5. The second-order valence-electron chi connectivity index (χ2n) is 7.79. The van der Waals surface area contributed by atoms with E-state index in [2.05, 4.69) is 15.0 Å². The van der Waals surface area contributed by atoms with Gasteiger partial charge in [0.15, 0.2) is 11.5 Å². The summed E-state index contributed by atoms with van der Waals surface area (Å²) in [5.74, 6) is -2.08. The monoisotopic (exact) mass is 524 g/mol. The van der Waals surface area contributed by atoms with Crippen molar-refractivity contribution >= 4 is 57.6 Å². The number of nitrogens with zero attached hydrogens (tertiary/aromatic N) is 3. The third kappa shape index (κ3) is 3.64. The van der Waals surface area contributed by atoms with Crippen molar-refractivity contribution in [2.75, 3.05) is 19.1 Å². The topological polar surface area (TPSA) is 118 Å². The molecule has 1 aliphatic rings. The Labute approximate surface area is 214 Å². The summed E-state index contributed by atoms with van der Waals surface area (Å²) >= 11 is 12.7. The van der Waals surface area contributed by atoms with Crippen molar-refractivity contribution in [3.05, 3.63) is 81.6 Å². The lowest BCUT2D eigenvalue weighted by atomic mass is 9.97.